The molecule has 0 aromatic rings. The molecule has 0 bridgehead atoms. The molecule has 1 spiro atoms. The Labute approximate surface area is 66.5 Å². The van der Waals surface area contributed by atoms with Crippen LogP contribution in [0.15, 0.2) is 0 Å². The van der Waals surface area contributed by atoms with Crippen molar-refractivity contribution in [1.82, 2.24) is 0 Å². The third-order valence-electron chi connectivity index (χ3n) is 3.10. The SMILES string of the molecule is OB(O)C1CC12CCOCC2. The average Bonchev–Trinajstić information content (AvgIpc) is 2.66. The van der Waals surface area contributed by atoms with Gasteiger partial charge in [-0.15, -0.1) is 0 Å². The maximum Gasteiger partial charge on any atom is 0.455 e. The van der Waals surface area contributed by atoms with E-state index in [9.17, 15) is 0 Å². The first-order valence-electron chi connectivity index (χ1n) is 4.18. The predicted octanol–water partition coefficient (Wildman–Crippen LogP) is 0.0299. The normalized spacial score (nSPS) is 33.8. The maximum absolute atomic E-state index is 8.92. The third kappa shape index (κ3) is 1.19. The smallest absolute Gasteiger partial charge is 0.427 e. The molecule has 1 aliphatic heterocycles. The topological polar surface area (TPSA) is 49.7 Å². The van der Waals surface area contributed by atoms with Crippen molar-refractivity contribution in [2.75, 3.05) is 13.2 Å². The molecule has 62 valence electrons. The van der Waals surface area contributed by atoms with Gasteiger partial charge in [0.15, 0.2) is 0 Å². The van der Waals surface area contributed by atoms with E-state index < -0.39 is 7.12 Å². The Balaban J connectivity index is 1.93. The van der Waals surface area contributed by atoms with Crippen molar-refractivity contribution in [3.05, 3.63) is 0 Å². The fourth-order valence-corrected chi connectivity index (χ4v) is 2.15. The van der Waals surface area contributed by atoms with Crippen molar-refractivity contribution in [2.45, 2.75) is 25.1 Å². The van der Waals surface area contributed by atoms with Gasteiger partial charge in [-0.25, -0.2) is 0 Å². The summed E-state index contributed by atoms with van der Waals surface area (Å²) >= 11 is 0. The highest BCUT2D eigenvalue weighted by molar-refractivity contribution is 6.44. The largest absolute Gasteiger partial charge is 0.455 e. The zero-order valence-corrected chi connectivity index (χ0v) is 6.49. The highest BCUT2D eigenvalue weighted by Gasteiger charge is 2.59. The second-order valence-electron chi connectivity index (χ2n) is 3.70. The standard InChI is InChI=1S/C7H13BO3/c9-8(10)6-5-7(6)1-3-11-4-2-7/h6,9-10H,1-5H2. The number of hydrogen-bond donors (Lipinski definition) is 2. The molecule has 1 heterocycles. The molecule has 1 atom stereocenters. The molecule has 2 rings (SSSR count). The van der Waals surface area contributed by atoms with Gasteiger partial charge in [-0.05, 0) is 30.5 Å². The number of rotatable bonds is 1. The summed E-state index contributed by atoms with van der Waals surface area (Å²) in [5.41, 5.74) is 0.242. The molecule has 1 aliphatic carbocycles. The van der Waals surface area contributed by atoms with Gasteiger partial charge in [0, 0.05) is 13.2 Å². The lowest BCUT2D eigenvalue weighted by Crippen LogP contribution is -2.22. The molecule has 0 aromatic heterocycles. The molecule has 11 heavy (non-hydrogen) atoms. The zero-order chi connectivity index (χ0) is 7.90. The van der Waals surface area contributed by atoms with Gasteiger partial charge < -0.3 is 14.8 Å². The summed E-state index contributed by atoms with van der Waals surface area (Å²) in [6.07, 6.45) is 3.00. The Bertz CT molecular complexity index is 154. The molecule has 2 fully saturated rings. The molecule has 0 radical (unpaired) electrons. The second kappa shape index (κ2) is 2.47. The van der Waals surface area contributed by atoms with Crippen molar-refractivity contribution in [1.29, 1.82) is 0 Å². The molecule has 2 N–H and O–H groups in total. The molecule has 1 saturated heterocycles. The van der Waals surface area contributed by atoms with Crippen LogP contribution in [-0.2, 0) is 4.74 Å². The van der Waals surface area contributed by atoms with Crippen LogP contribution in [0.25, 0.3) is 0 Å². The molecular weight excluding hydrogens is 143 g/mol. The second-order valence-corrected chi connectivity index (χ2v) is 3.70. The van der Waals surface area contributed by atoms with E-state index in [-0.39, 0.29) is 11.2 Å². The van der Waals surface area contributed by atoms with Gasteiger partial charge in [0.2, 0.25) is 0 Å². The lowest BCUT2D eigenvalue weighted by atomic mass is 9.75. The van der Waals surface area contributed by atoms with Crippen LogP contribution in [0.4, 0.5) is 0 Å². The van der Waals surface area contributed by atoms with E-state index in [1.54, 1.807) is 0 Å². The van der Waals surface area contributed by atoms with Crippen molar-refractivity contribution in [3.63, 3.8) is 0 Å². The molecule has 4 heteroatoms. The molecule has 1 unspecified atom stereocenters. The Morgan fingerprint density at radius 1 is 1.27 bits per heavy atom. The monoisotopic (exact) mass is 156 g/mol. The van der Waals surface area contributed by atoms with Gasteiger partial charge in [0.05, 0.1) is 0 Å². The first-order chi connectivity index (χ1) is 5.25. The van der Waals surface area contributed by atoms with Crippen LogP contribution in [0, 0.1) is 5.41 Å². The lowest BCUT2D eigenvalue weighted by molar-refractivity contribution is 0.0569. The van der Waals surface area contributed by atoms with E-state index in [4.69, 9.17) is 14.8 Å². The minimum absolute atomic E-state index is 0.131. The molecule has 0 amide bonds. The van der Waals surface area contributed by atoms with Crippen molar-refractivity contribution >= 4 is 7.12 Å². The lowest BCUT2D eigenvalue weighted by Gasteiger charge is -2.22. The van der Waals surface area contributed by atoms with Crippen molar-refractivity contribution in [3.8, 4) is 0 Å². The predicted molar refractivity (Wildman–Crippen MR) is 41.0 cm³/mol. The summed E-state index contributed by atoms with van der Waals surface area (Å²) in [6, 6.07) is 0. The maximum atomic E-state index is 8.92. The fourth-order valence-electron chi connectivity index (χ4n) is 2.15. The third-order valence-corrected chi connectivity index (χ3v) is 3.10. The van der Waals surface area contributed by atoms with Gasteiger partial charge in [0.25, 0.3) is 0 Å². The van der Waals surface area contributed by atoms with E-state index in [0.29, 0.717) is 0 Å². The number of hydrogen-bond acceptors (Lipinski definition) is 3. The quantitative estimate of drug-likeness (QED) is 0.526. The first-order valence-corrected chi connectivity index (χ1v) is 4.18. The Morgan fingerprint density at radius 3 is 2.36 bits per heavy atom. The van der Waals surface area contributed by atoms with E-state index in [0.717, 1.165) is 32.5 Å². The van der Waals surface area contributed by atoms with Crippen LogP contribution >= 0.6 is 0 Å². The van der Waals surface area contributed by atoms with Crippen LogP contribution in [0.2, 0.25) is 5.82 Å². The summed E-state index contributed by atoms with van der Waals surface area (Å²) in [5, 5.41) is 17.8. The van der Waals surface area contributed by atoms with Gasteiger partial charge in [-0.2, -0.15) is 0 Å². The Hall–Kier alpha value is -0.0551. The molecule has 2 aliphatic rings. The fraction of sp³-hybridized carbons (Fsp3) is 1.00. The molecule has 1 saturated carbocycles. The van der Waals surface area contributed by atoms with Crippen LogP contribution in [0.3, 0.4) is 0 Å². The van der Waals surface area contributed by atoms with E-state index in [1.165, 1.54) is 0 Å². The summed E-state index contributed by atoms with van der Waals surface area (Å²) in [6.45, 7) is 1.59. The van der Waals surface area contributed by atoms with Crippen molar-refractivity contribution < 1.29 is 14.8 Å². The van der Waals surface area contributed by atoms with E-state index >= 15 is 0 Å². The Kier molecular flexibility index (Phi) is 1.70. The van der Waals surface area contributed by atoms with E-state index in [1.807, 2.05) is 0 Å². The van der Waals surface area contributed by atoms with Gasteiger partial charge >= 0.3 is 7.12 Å². The average molecular weight is 156 g/mol. The summed E-state index contributed by atoms with van der Waals surface area (Å²) < 4.78 is 5.21. The summed E-state index contributed by atoms with van der Waals surface area (Å²) in [5.74, 6) is 0.131. The summed E-state index contributed by atoms with van der Waals surface area (Å²) in [7, 11) is -1.10. The molecule has 0 aromatic carbocycles. The molecule has 3 nitrogen and oxygen atoms in total. The van der Waals surface area contributed by atoms with Gasteiger partial charge in [-0.1, -0.05) is 0 Å². The van der Waals surface area contributed by atoms with Crippen LogP contribution in [0.5, 0.6) is 0 Å². The first kappa shape index (κ1) is 7.59. The Morgan fingerprint density at radius 2 is 1.91 bits per heavy atom. The van der Waals surface area contributed by atoms with Gasteiger partial charge in [-0.3, -0.25) is 0 Å². The molecular formula is C7H13BO3. The van der Waals surface area contributed by atoms with Crippen LogP contribution in [-0.4, -0.2) is 30.4 Å². The minimum Gasteiger partial charge on any atom is -0.427 e. The van der Waals surface area contributed by atoms with Gasteiger partial charge in [0.1, 0.15) is 0 Å². The minimum atomic E-state index is -1.10. The zero-order valence-electron chi connectivity index (χ0n) is 6.49. The van der Waals surface area contributed by atoms with Crippen LogP contribution in [0.1, 0.15) is 19.3 Å². The van der Waals surface area contributed by atoms with Crippen molar-refractivity contribution in [2.24, 2.45) is 5.41 Å². The highest BCUT2D eigenvalue weighted by Crippen LogP contribution is 2.64. The highest BCUT2D eigenvalue weighted by atomic mass is 16.5. The van der Waals surface area contributed by atoms with E-state index in [2.05, 4.69) is 0 Å². The number of ether oxygens (including phenoxy) is 1. The van der Waals surface area contributed by atoms with Crippen LogP contribution < -0.4 is 0 Å². The summed E-state index contributed by atoms with van der Waals surface area (Å²) in [4.78, 5) is 0.